The van der Waals surface area contributed by atoms with Crippen molar-refractivity contribution in [3.8, 4) is 16.9 Å². The summed E-state index contributed by atoms with van der Waals surface area (Å²) in [5.74, 6) is 1.34. The van der Waals surface area contributed by atoms with E-state index in [1.165, 1.54) is 0 Å². The number of aryl methyl sites for hydroxylation is 2. The molecule has 2 aliphatic heterocycles. The molecule has 8 heteroatoms. The fourth-order valence-electron chi connectivity index (χ4n) is 6.12. The van der Waals surface area contributed by atoms with Crippen LogP contribution in [-0.4, -0.2) is 48.1 Å². The minimum atomic E-state index is -0.355. The molecule has 40 heavy (non-hydrogen) atoms. The van der Waals surface area contributed by atoms with Crippen LogP contribution >= 0.6 is 0 Å². The number of carbonyl (C=O) groups excluding carboxylic acids is 2. The van der Waals surface area contributed by atoms with Gasteiger partial charge in [0.05, 0.1) is 25.4 Å². The first-order chi connectivity index (χ1) is 19.2. The molecule has 208 valence electrons. The number of hydrogen-bond donors (Lipinski definition) is 1. The highest BCUT2D eigenvalue weighted by Crippen LogP contribution is 2.49. The number of rotatable bonds is 8. The molecule has 0 unspecified atom stereocenters. The predicted molar refractivity (Wildman–Crippen MR) is 153 cm³/mol. The van der Waals surface area contributed by atoms with Crippen molar-refractivity contribution in [3.63, 3.8) is 0 Å². The normalized spacial score (nSPS) is 23.6. The van der Waals surface area contributed by atoms with E-state index < -0.39 is 0 Å². The van der Waals surface area contributed by atoms with Crippen LogP contribution in [0, 0.1) is 19.8 Å². The van der Waals surface area contributed by atoms with Crippen LogP contribution in [0.4, 0.5) is 10.6 Å². The SMILES string of the molecule is COc1ccc([C@@H]2C[C@H]2C(N)=O)cc1-c1ccc(N2CCC2)nc1CN1C(=O)O[C@H](c2cc(C)cc(C)c2)[C@@H]1C. The number of carbonyl (C=O) groups is 2. The van der Waals surface area contributed by atoms with Crippen molar-refractivity contribution in [3.05, 3.63) is 76.5 Å². The van der Waals surface area contributed by atoms with Gasteiger partial charge in [-0.2, -0.15) is 0 Å². The average molecular weight is 541 g/mol. The first kappa shape index (κ1) is 26.2. The molecule has 2 aromatic carbocycles. The Bertz CT molecular complexity index is 1460. The van der Waals surface area contributed by atoms with Crippen LogP contribution in [0.2, 0.25) is 0 Å². The average Bonchev–Trinajstić information content (AvgIpc) is 3.65. The van der Waals surface area contributed by atoms with Gasteiger partial charge < -0.3 is 20.1 Å². The maximum absolute atomic E-state index is 13.2. The van der Waals surface area contributed by atoms with Crippen molar-refractivity contribution in [1.82, 2.24) is 9.88 Å². The highest BCUT2D eigenvalue weighted by molar-refractivity contribution is 5.82. The van der Waals surface area contributed by atoms with Crippen molar-refractivity contribution in [1.29, 1.82) is 0 Å². The van der Waals surface area contributed by atoms with Gasteiger partial charge in [0.1, 0.15) is 17.7 Å². The van der Waals surface area contributed by atoms with E-state index in [1.54, 1.807) is 12.0 Å². The van der Waals surface area contributed by atoms with E-state index in [0.29, 0.717) is 12.3 Å². The zero-order valence-corrected chi connectivity index (χ0v) is 23.5. The van der Waals surface area contributed by atoms with Crippen LogP contribution in [0.1, 0.15) is 59.7 Å². The van der Waals surface area contributed by atoms with Crippen molar-refractivity contribution >= 4 is 17.8 Å². The zero-order chi connectivity index (χ0) is 28.1. The number of primary amides is 1. The fraction of sp³-hybridized carbons (Fsp3) is 0.406. The lowest BCUT2D eigenvalue weighted by molar-refractivity contribution is -0.119. The molecule has 6 rings (SSSR count). The first-order valence-electron chi connectivity index (χ1n) is 14.0. The Labute approximate surface area is 235 Å². The lowest BCUT2D eigenvalue weighted by atomic mass is 9.96. The number of nitrogens with zero attached hydrogens (tertiary/aromatic N) is 3. The number of hydrogen-bond acceptors (Lipinski definition) is 6. The molecule has 1 saturated carbocycles. The zero-order valence-electron chi connectivity index (χ0n) is 23.5. The second kappa shape index (κ2) is 10.2. The minimum absolute atomic E-state index is 0.117. The van der Waals surface area contributed by atoms with Crippen molar-refractivity contribution in [2.75, 3.05) is 25.1 Å². The first-order valence-corrected chi connectivity index (χ1v) is 14.0. The fourth-order valence-corrected chi connectivity index (χ4v) is 6.12. The second-order valence-electron chi connectivity index (χ2n) is 11.4. The van der Waals surface area contributed by atoms with Crippen LogP contribution in [0.25, 0.3) is 11.1 Å². The van der Waals surface area contributed by atoms with Gasteiger partial charge in [-0.3, -0.25) is 9.69 Å². The van der Waals surface area contributed by atoms with E-state index in [2.05, 4.69) is 49.1 Å². The molecule has 3 aliphatic rings. The van der Waals surface area contributed by atoms with Crippen LogP contribution in [0.3, 0.4) is 0 Å². The van der Waals surface area contributed by atoms with Crippen LogP contribution in [0.15, 0.2) is 48.5 Å². The number of anilines is 1. The second-order valence-corrected chi connectivity index (χ2v) is 11.4. The summed E-state index contributed by atoms with van der Waals surface area (Å²) >= 11 is 0. The number of pyridine rings is 1. The molecule has 0 spiro atoms. The third-order valence-corrected chi connectivity index (χ3v) is 8.52. The molecular formula is C32H36N4O4. The molecule has 2 N–H and O–H groups in total. The van der Waals surface area contributed by atoms with Gasteiger partial charge in [0.2, 0.25) is 5.91 Å². The maximum Gasteiger partial charge on any atom is 0.411 e. The molecule has 8 nitrogen and oxygen atoms in total. The molecule has 2 saturated heterocycles. The standard InChI is InChI=1S/C32H36N4O4/c1-18-12-19(2)14-22(13-18)30-20(3)36(32(38)40-30)17-27-23(7-9-29(34-27)35-10-5-11-35)25-15-21(6-8-28(25)39-4)24-16-26(24)31(33)37/h6-9,12-15,20,24,26,30H,5,10-11,16-17H2,1-4H3,(H2,33,37)/t20-,24-,26+,30-/m0/s1. The number of benzene rings is 2. The van der Waals surface area contributed by atoms with E-state index in [0.717, 1.165) is 70.8 Å². The van der Waals surface area contributed by atoms with Crippen molar-refractivity contribution < 1.29 is 19.1 Å². The van der Waals surface area contributed by atoms with Gasteiger partial charge >= 0.3 is 6.09 Å². The van der Waals surface area contributed by atoms with E-state index in [1.807, 2.05) is 25.1 Å². The van der Waals surface area contributed by atoms with Gasteiger partial charge in [-0.15, -0.1) is 0 Å². The lowest BCUT2D eigenvalue weighted by Crippen LogP contribution is -2.38. The molecular weight excluding hydrogens is 504 g/mol. The Balaban J connectivity index is 1.37. The number of methoxy groups -OCH3 is 1. The quantitative estimate of drug-likeness (QED) is 0.419. The van der Waals surface area contributed by atoms with Crippen LogP contribution in [0.5, 0.6) is 5.75 Å². The molecule has 1 aliphatic carbocycles. The number of ether oxygens (including phenoxy) is 2. The van der Waals surface area contributed by atoms with Crippen molar-refractivity contribution in [2.45, 2.75) is 58.2 Å². The Morgan fingerprint density at radius 3 is 2.42 bits per heavy atom. The van der Waals surface area contributed by atoms with E-state index in [4.69, 9.17) is 20.2 Å². The Hall–Kier alpha value is -4.07. The maximum atomic E-state index is 13.2. The summed E-state index contributed by atoms with van der Waals surface area (Å²) in [6.45, 7) is 8.39. The molecule has 4 atom stereocenters. The third kappa shape index (κ3) is 4.76. The molecule has 3 heterocycles. The molecule has 1 aromatic heterocycles. The topological polar surface area (TPSA) is 98.0 Å². The van der Waals surface area contributed by atoms with Crippen LogP contribution < -0.4 is 15.4 Å². The van der Waals surface area contributed by atoms with Crippen LogP contribution in [-0.2, 0) is 16.1 Å². The Morgan fingerprint density at radius 1 is 1.05 bits per heavy atom. The Kier molecular flexibility index (Phi) is 6.64. The van der Waals surface area contributed by atoms with Gasteiger partial charge in [-0.1, -0.05) is 35.4 Å². The van der Waals surface area contributed by atoms with E-state index >= 15 is 0 Å². The predicted octanol–water partition coefficient (Wildman–Crippen LogP) is 5.25. The third-order valence-electron chi connectivity index (χ3n) is 8.52. The van der Waals surface area contributed by atoms with Crippen molar-refractivity contribution in [2.24, 2.45) is 11.7 Å². The van der Waals surface area contributed by atoms with Gasteiger partial charge in [-0.25, -0.2) is 9.78 Å². The van der Waals surface area contributed by atoms with Gasteiger partial charge in [0.25, 0.3) is 0 Å². The van der Waals surface area contributed by atoms with Gasteiger partial charge in [0, 0.05) is 30.1 Å². The van der Waals surface area contributed by atoms with E-state index in [-0.39, 0.29) is 36.0 Å². The van der Waals surface area contributed by atoms with E-state index in [9.17, 15) is 9.59 Å². The number of amides is 2. The summed E-state index contributed by atoms with van der Waals surface area (Å²) in [6, 6.07) is 16.3. The lowest BCUT2D eigenvalue weighted by Gasteiger charge is -2.33. The highest BCUT2D eigenvalue weighted by atomic mass is 16.6. The van der Waals surface area contributed by atoms with Gasteiger partial charge in [0.15, 0.2) is 0 Å². The molecule has 2 amide bonds. The monoisotopic (exact) mass is 540 g/mol. The highest BCUT2D eigenvalue weighted by Gasteiger charge is 2.43. The molecule has 0 bridgehead atoms. The molecule has 3 aromatic rings. The number of aromatic nitrogens is 1. The summed E-state index contributed by atoms with van der Waals surface area (Å²) in [5.41, 5.74) is 12.5. The summed E-state index contributed by atoms with van der Waals surface area (Å²) in [4.78, 5) is 34.1. The summed E-state index contributed by atoms with van der Waals surface area (Å²) in [5, 5.41) is 0. The summed E-state index contributed by atoms with van der Waals surface area (Å²) in [7, 11) is 1.65. The molecule has 3 fully saturated rings. The number of nitrogens with two attached hydrogens (primary N) is 1. The van der Waals surface area contributed by atoms with Gasteiger partial charge in [-0.05, 0) is 74.9 Å². The summed E-state index contributed by atoms with van der Waals surface area (Å²) < 4.78 is 11.7. The molecule has 0 radical (unpaired) electrons. The smallest absolute Gasteiger partial charge is 0.411 e. The number of cyclic esters (lactones) is 1. The Morgan fingerprint density at radius 2 is 1.80 bits per heavy atom. The minimum Gasteiger partial charge on any atom is -0.496 e. The summed E-state index contributed by atoms with van der Waals surface area (Å²) in [6.07, 6.45) is 1.20. The largest absolute Gasteiger partial charge is 0.496 e.